The number of hydrogen-bond donors (Lipinski definition) is 2. The molecule has 2 rings (SSSR count). The molecule has 4 nitrogen and oxygen atoms in total. The van der Waals surface area contributed by atoms with Crippen LogP contribution in [-0.2, 0) is 11.2 Å². The van der Waals surface area contributed by atoms with E-state index >= 15 is 0 Å². The second kappa shape index (κ2) is 7.04. The molecule has 2 aromatic rings. The van der Waals surface area contributed by atoms with Crippen molar-refractivity contribution in [3.63, 3.8) is 0 Å². The van der Waals surface area contributed by atoms with Gasteiger partial charge in [-0.2, -0.15) is 0 Å². The van der Waals surface area contributed by atoms with Gasteiger partial charge in [0.15, 0.2) is 0 Å². The summed E-state index contributed by atoms with van der Waals surface area (Å²) in [5, 5.41) is 5.40. The van der Waals surface area contributed by atoms with Crippen molar-refractivity contribution in [2.75, 3.05) is 12.4 Å². The maximum atomic E-state index is 12.1. The first-order valence-corrected chi connectivity index (χ1v) is 7.25. The van der Waals surface area contributed by atoms with Crippen molar-refractivity contribution in [3.05, 3.63) is 64.1 Å². The summed E-state index contributed by atoms with van der Waals surface area (Å²) < 4.78 is 0.749. The Morgan fingerprint density at radius 3 is 2.33 bits per heavy atom. The van der Waals surface area contributed by atoms with Gasteiger partial charge in [0.25, 0.3) is 5.91 Å². The molecule has 0 saturated heterocycles. The molecular weight excluding hydrogens is 332 g/mol. The van der Waals surface area contributed by atoms with Crippen molar-refractivity contribution in [3.8, 4) is 0 Å². The van der Waals surface area contributed by atoms with Crippen LogP contribution in [0.25, 0.3) is 0 Å². The molecule has 0 heterocycles. The van der Waals surface area contributed by atoms with Gasteiger partial charge in [-0.3, -0.25) is 9.59 Å². The first kappa shape index (κ1) is 15.3. The molecule has 0 aliphatic rings. The van der Waals surface area contributed by atoms with Crippen molar-refractivity contribution in [2.24, 2.45) is 0 Å². The quantitative estimate of drug-likeness (QED) is 0.893. The lowest BCUT2D eigenvalue weighted by Gasteiger charge is -2.07. The minimum Gasteiger partial charge on any atom is -0.359 e. The standard InChI is InChI=1S/C16H15BrN2O2/c1-18-15(20)10-11-6-8-12(9-7-11)19-16(21)13-4-2-3-5-14(13)17/h2-9H,10H2,1H3,(H,18,20)(H,19,21). The van der Waals surface area contributed by atoms with Crippen molar-refractivity contribution < 1.29 is 9.59 Å². The van der Waals surface area contributed by atoms with Gasteiger partial charge >= 0.3 is 0 Å². The molecule has 0 spiro atoms. The Hall–Kier alpha value is -2.14. The number of halogens is 1. The van der Waals surface area contributed by atoms with Crippen LogP contribution in [0.5, 0.6) is 0 Å². The van der Waals surface area contributed by atoms with Gasteiger partial charge in [0.2, 0.25) is 5.91 Å². The van der Waals surface area contributed by atoms with E-state index in [1.807, 2.05) is 30.3 Å². The monoisotopic (exact) mass is 346 g/mol. The molecule has 2 amide bonds. The van der Waals surface area contributed by atoms with Gasteiger partial charge in [0.1, 0.15) is 0 Å². The van der Waals surface area contributed by atoms with Crippen molar-refractivity contribution in [1.29, 1.82) is 0 Å². The second-order valence-electron chi connectivity index (χ2n) is 4.48. The van der Waals surface area contributed by atoms with Gasteiger partial charge in [0.05, 0.1) is 12.0 Å². The third-order valence-corrected chi connectivity index (χ3v) is 3.67. The van der Waals surface area contributed by atoms with E-state index in [0.29, 0.717) is 17.7 Å². The summed E-state index contributed by atoms with van der Waals surface area (Å²) in [5.74, 6) is -0.221. The van der Waals surface area contributed by atoms with E-state index in [1.165, 1.54) is 0 Å². The zero-order chi connectivity index (χ0) is 15.2. The fraction of sp³-hybridized carbons (Fsp3) is 0.125. The van der Waals surface area contributed by atoms with Crippen LogP contribution in [0.4, 0.5) is 5.69 Å². The fourth-order valence-corrected chi connectivity index (χ4v) is 2.29. The molecule has 0 aliphatic heterocycles. The van der Waals surface area contributed by atoms with Crippen LogP contribution in [0.3, 0.4) is 0 Å². The third kappa shape index (κ3) is 4.16. The van der Waals surface area contributed by atoms with Gasteiger partial charge in [-0.25, -0.2) is 0 Å². The number of nitrogens with one attached hydrogen (secondary N) is 2. The van der Waals surface area contributed by atoms with Crippen LogP contribution in [-0.4, -0.2) is 18.9 Å². The summed E-state index contributed by atoms with van der Waals surface area (Å²) in [7, 11) is 1.61. The molecule has 0 fully saturated rings. The zero-order valence-corrected chi connectivity index (χ0v) is 13.1. The van der Waals surface area contributed by atoms with E-state index in [0.717, 1.165) is 10.0 Å². The van der Waals surface area contributed by atoms with Crippen LogP contribution in [0.1, 0.15) is 15.9 Å². The third-order valence-electron chi connectivity index (χ3n) is 2.97. The van der Waals surface area contributed by atoms with Gasteiger partial charge in [-0.05, 0) is 45.8 Å². The molecule has 0 radical (unpaired) electrons. The molecule has 2 N–H and O–H groups in total. The summed E-state index contributed by atoms with van der Waals surface area (Å²) in [6.45, 7) is 0. The first-order valence-electron chi connectivity index (χ1n) is 6.45. The number of hydrogen-bond acceptors (Lipinski definition) is 2. The van der Waals surface area contributed by atoms with E-state index < -0.39 is 0 Å². The van der Waals surface area contributed by atoms with Crippen LogP contribution in [0.2, 0.25) is 0 Å². The van der Waals surface area contributed by atoms with Crippen molar-refractivity contribution in [1.82, 2.24) is 5.32 Å². The number of anilines is 1. The lowest BCUT2D eigenvalue weighted by atomic mass is 10.1. The number of carbonyl (C=O) groups is 2. The van der Waals surface area contributed by atoms with E-state index in [2.05, 4.69) is 26.6 Å². The van der Waals surface area contributed by atoms with Gasteiger partial charge < -0.3 is 10.6 Å². The molecular formula is C16H15BrN2O2. The van der Waals surface area contributed by atoms with E-state index in [4.69, 9.17) is 0 Å². The number of likely N-dealkylation sites (N-methyl/N-ethyl adjacent to an activating group) is 1. The van der Waals surface area contributed by atoms with Crippen molar-refractivity contribution in [2.45, 2.75) is 6.42 Å². The minimum absolute atomic E-state index is 0.0417. The second-order valence-corrected chi connectivity index (χ2v) is 5.34. The van der Waals surface area contributed by atoms with Crippen LogP contribution in [0, 0.1) is 0 Å². The molecule has 2 aromatic carbocycles. The summed E-state index contributed by atoms with van der Waals surface area (Å²) in [6.07, 6.45) is 0.328. The Labute approximate surface area is 131 Å². The molecule has 0 saturated carbocycles. The molecule has 0 aromatic heterocycles. The number of benzene rings is 2. The highest BCUT2D eigenvalue weighted by Gasteiger charge is 2.09. The zero-order valence-electron chi connectivity index (χ0n) is 11.5. The smallest absolute Gasteiger partial charge is 0.256 e. The summed E-state index contributed by atoms with van der Waals surface area (Å²) in [5.41, 5.74) is 2.16. The average Bonchev–Trinajstić information content (AvgIpc) is 2.49. The highest BCUT2D eigenvalue weighted by Crippen LogP contribution is 2.18. The lowest BCUT2D eigenvalue weighted by Crippen LogP contribution is -2.19. The Morgan fingerprint density at radius 2 is 1.71 bits per heavy atom. The number of carbonyl (C=O) groups excluding carboxylic acids is 2. The SMILES string of the molecule is CNC(=O)Cc1ccc(NC(=O)c2ccccc2Br)cc1. The van der Waals surface area contributed by atoms with Crippen LogP contribution < -0.4 is 10.6 Å². The number of rotatable bonds is 4. The van der Waals surface area contributed by atoms with Crippen LogP contribution >= 0.6 is 15.9 Å². The van der Waals surface area contributed by atoms with Crippen LogP contribution in [0.15, 0.2) is 53.0 Å². The predicted molar refractivity (Wildman–Crippen MR) is 86.3 cm³/mol. The molecule has 0 aliphatic carbocycles. The topological polar surface area (TPSA) is 58.2 Å². The van der Waals surface area contributed by atoms with E-state index in [1.54, 1.807) is 25.2 Å². The van der Waals surface area contributed by atoms with Gasteiger partial charge in [-0.15, -0.1) is 0 Å². The maximum Gasteiger partial charge on any atom is 0.256 e. The summed E-state index contributed by atoms with van der Waals surface area (Å²) in [6, 6.07) is 14.5. The Kier molecular flexibility index (Phi) is 5.11. The number of amides is 2. The fourth-order valence-electron chi connectivity index (χ4n) is 1.82. The van der Waals surface area contributed by atoms with Gasteiger partial charge in [-0.1, -0.05) is 24.3 Å². The molecule has 21 heavy (non-hydrogen) atoms. The first-order chi connectivity index (χ1) is 10.1. The van der Waals surface area contributed by atoms with Gasteiger partial charge in [0, 0.05) is 17.2 Å². The normalized spacial score (nSPS) is 10.0. The summed E-state index contributed by atoms with van der Waals surface area (Å²) >= 11 is 3.35. The summed E-state index contributed by atoms with van der Waals surface area (Å²) in [4.78, 5) is 23.4. The average molecular weight is 347 g/mol. The molecule has 108 valence electrons. The Morgan fingerprint density at radius 1 is 1.05 bits per heavy atom. The minimum atomic E-state index is -0.179. The molecule has 0 atom stereocenters. The molecule has 0 bridgehead atoms. The van der Waals surface area contributed by atoms with Crippen molar-refractivity contribution >= 4 is 33.4 Å². The van der Waals surface area contributed by atoms with E-state index in [9.17, 15) is 9.59 Å². The Balaban J connectivity index is 2.05. The lowest BCUT2D eigenvalue weighted by molar-refractivity contribution is -0.119. The molecule has 5 heteroatoms. The highest BCUT2D eigenvalue weighted by molar-refractivity contribution is 9.10. The predicted octanol–water partition coefficient (Wildman–Crippen LogP) is 2.99. The Bertz CT molecular complexity index is 654. The maximum absolute atomic E-state index is 12.1. The largest absolute Gasteiger partial charge is 0.359 e. The van der Waals surface area contributed by atoms with E-state index in [-0.39, 0.29) is 11.8 Å². The highest BCUT2D eigenvalue weighted by atomic mass is 79.9. The molecule has 0 unspecified atom stereocenters.